The molecule has 5 nitrogen and oxygen atoms in total. The summed E-state index contributed by atoms with van der Waals surface area (Å²) in [5, 5.41) is 11.3. The van der Waals surface area contributed by atoms with E-state index in [1.165, 1.54) is 6.92 Å². The van der Waals surface area contributed by atoms with Gasteiger partial charge in [0.15, 0.2) is 0 Å². The zero-order chi connectivity index (χ0) is 12.7. The molecule has 16 heavy (non-hydrogen) atoms. The fraction of sp³-hybridized carbons (Fsp3) is 0.727. The number of ether oxygens (including phenoxy) is 1. The van der Waals surface area contributed by atoms with E-state index in [1.807, 2.05) is 6.07 Å². The Balaban J connectivity index is 4.34. The standard InChI is InChI=1S/C11H18N2O3/c1-5-16-11(15)8(4)13-10(14)9(6-12)7(2)3/h7-9H,5H2,1-4H3,(H,13,14). The summed E-state index contributed by atoms with van der Waals surface area (Å²) in [4.78, 5) is 22.8. The molecule has 0 aromatic rings. The van der Waals surface area contributed by atoms with Crippen molar-refractivity contribution >= 4 is 11.9 Å². The number of hydrogen-bond acceptors (Lipinski definition) is 4. The normalized spacial score (nSPS) is 13.8. The van der Waals surface area contributed by atoms with Crippen molar-refractivity contribution < 1.29 is 14.3 Å². The molecule has 0 heterocycles. The number of esters is 1. The summed E-state index contributed by atoms with van der Waals surface area (Å²) >= 11 is 0. The molecule has 2 unspecified atom stereocenters. The molecule has 0 aliphatic carbocycles. The van der Waals surface area contributed by atoms with Crippen LogP contribution in [0.3, 0.4) is 0 Å². The van der Waals surface area contributed by atoms with Crippen molar-refractivity contribution in [1.29, 1.82) is 5.26 Å². The first-order valence-corrected chi connectivity index (χ1v) is 5.30. The molecule has 90 valence electrons. The Bertz CT molecular complexity index is 294. The summed E-state index contributed by atoms with van der Waals surface area (Å²) in [7, 11) is 0. The van der Waals surface area contributed by atoms with Crippen LogP contribution in [0, 0.1) is 23.2 Å². The lowest BCUT2D eigenvalue weighted by Gasteiger charge is -2.16. The summed E-state index contributed by atoms with van der Waals surface area (Å²) in [6.45, 7) is 7.05. The Morgan fingerprint density at radius 2 is 1.94 bits per heavy atom. The third kappa shape index (κ3) is 4.30. The second kappa shape index (κ2) is 6.83. The van der Waals surface area contributed by atoms with Gasteiger partial charge in [0, 0.05) is 0 Å². The van der Waals surface area contributed by atoms with Crippen molar-refractivity contribution in [3.05, 3.63) is 0 Å². The number of carbonyl (C=O) groups is 2. The minimum absolute atomic E-state index is 0.0839. The maximum atomic E-state index is 11.6. The predicted octanol–water partition coefficient (Wildman–Crippen LogP) is 0.850. The van der Waals surface area contributed by atoms with Crippen LogP contribution in [0.1, 0.15) is 27.7 Å². The SMILES string of the molecule is CCOC(=O)C(C)NC(=O)C(C#N)C(C)C. The molecular formula is C11H18N2O3. The maximum absolute atomic E-state index is 11.6. The van der Waals surface area contributed by atoms with Crippen LogP contribution in [0.4, 0.5) is 0 Å². The first-order valence-electron chi connectivity index (χ1n) is 5.30. The minimum Gasteiger partial charge on any atom is -0.464 e. The van der Waals surface area contributed by atoms with Gasteiger partial charge >= 0.3 is 5.97 Å². The van der Waals surface area contributed by atoms with E-state index in [9.17, 15) is 9.59 Å². The summed E-state index contributed by atoms with van der Waals surface area (Å²) in [6.07, 6.45) is 0. The highest BCUT2D eigenvalue weighted by Gasteiger charge is 2.25. The molecule has 2 atom stereocenters. The van der Waals surface area contributed by atoms with Crippen LogP contribution in [-0.2, 0) is 14.3 Å². The van der Waals surface area contributed by atoms with Crippen LogP contribution in [0.25, 0.3) is 0 Å². The third-order valence-corrected chi connectivity index (χ3v) is 2.09. The first-order chi connectivity index (χ1) is 7.43. The van der Waals surface area contributed by atoms with Crippen LogP contribution in [0.2, 0.25) is 0 Å². The van der Waals surface area contributed by atoms with E-state index in [0.29, 0.717) is 0 Å². The molecule has 0 radical (unpaired) electrons. The first kappa shape index (κ1) is 14.4. The van der Waals surface area contributed by atoms with Crippen LogP contribution in [0.15, 0.2) is 0 Å². The number of amides is 1. The second-order valence-corrected chi connectivity index (χ2v) is 3.83. The van der Waals surface area contributed by atoms with E-state index in [4.69, 9.17) is 10.00 Å². The van der Waals surface area contributed by atoms with Crippen molar-refractivity contribution in [3.8, 4) is 6.07 Å². The molecule has 0 rings (SSSR count). The van der Waals surface area contributed by atoms with Gasteiger partial charge in [0.2, 0.25) is 5.91 Å². The number of hydrogen-bond donors (Lipinski definition) is 1. The van der Waals surface area contributed by atoms with Gasteiger partial charge in [0.25, 0.3) is 0 Å². The van der Waals surface area contributed by atoms with Crippen molar-refractivity contribution in [2.24, 2.45) is 11.8 Å². The number of nitriles is 1. The Morgan fingerprint density at radius 3 is 2.31 bits per heavy atom. The minimum atomic E-state index is -0.739. The fourth-order valence-corrected chi connectivity index (χ4v) is 1.14. The molecule has 0 fully saturated rings. The zero-order valence-corrected chi connectivity index (χ0v) is 10.1. The molecule has 0 bridgehead atoms. The second-order valence-electron chi connectivity index (χ2n) is 3.83. The average Bonchev–Trinajstić information content (AvgIpc) is 2.18. The fourth-order valence-electron chi connectivity index (χ4n) is 1.14. The molecule has 0 aromatic heterocycles. The van der Waals surface area contributed by atoms with Crippen molar-refractivity contribution in [3.63, 3.8) is 0 Å². The van der Waals surface area contributed by atoms with Gasteiger partial charge in [-0.05, 0) is 19.8 Å². The van der Waals surface area contributed by atoms with E-state index in [2.05, 4.69) is 5.32 Å². The van der Waals surface area contributed by atoms with Crippen LogP contribution >= 0.6 is 0 Å². The molecule has 0 saturated carbocycles. The quantitative estimate of drug-likeness (QED) is 0.705. The lowest BCUT2D eigenvalue weighted by atomic mass is 9.96. The van der Waals surface area contributed by atoms with Gasteiger partial charge in [-0.15, -0.1) is 0 Å². The smallest absolute Gasteiger partial charge is 0.328 e. The summed E-state index contributed by atoms with van der Waals surface area (Å²) in [6, 6.07) is 1.19. The van der Waals surface area contributed by atoms with Crippen molar-refractivity contribution in [2.75, 3.05) is 6.61 Å². The average molecular weight is 226 g/mol. The zero-order valence-electron chi connectivity index (χ0n) is 10.1. The molecular weight excluding hydrogens is 208 g/mol. The Hall–Kier alpha value is -1.57. The summed E-state index contributed by atoms with van der Waals surface area (Å²) in [5.41, 5.74) is 0. The molecule has 0 aliphatic heterocycles. The molecule has 0 saturated heterocycles. The van der Waals surface area contributed by atoms with E-state index >= 15 is 0 Å². The third-order valence-electron chi connectivity index (χ3n) is 2.09. The van der Waals surface area contributed by atoms with Gasteiger partial charge in [-0.1, -0.05) is 13.8 Å². The van der Waals surface area contributed by atoms with Crippen molar-refractivity contribution in [1.82, 2.24) is 5.32 Å². The van der Waals surface area contributed by atoms with E-state index in [-0.39, 0.29) is 12.5 Å². The molecule has 1 amide bonds. The Labute approximate surface area is 95.8 Å². The lowest BCUT2D eigenvalue weighted by Crippen LogP contribution is -2.43. The number of nitrogens with one attached hydrogen (secondary N) is 1. The Morgan fingerprint density at radius 1 is 1.38 bits per heavy atom. The topological polar surface area (TPSA) is 79.2 Å². The van der Waals surface area contributed by atoms with Crippen LogP contribution in [-0.4, -0.2) is 24.5 Å². The van der Waals surface area contributed by atoms with Crippen LogP contribution in [0.5, 0.6) is 0 Å². The number of rotatable bonds is 5. The largest absolute Gasteiger partial charge is 0.464 e. The van der Waals surface area contributed by atoms with Gasteiger partial charge in [0.1, 0.15) is 12.0 Å². The van der Waals surface area contributed by atoms with Crippen LogP contribution < -0.4 is 5.32 Å². The van der Waals surface area contributed by atoms with Gasteiger partial charge in [0.05, 0.1) is 12.7 Å². The highest BCUT2D eigenvalue weighted by molar-refractivity contribution is 5.86. The molecule has 5 heteroatoms. The van der Waals surface area contributed by atoms with E-state index in [0.717, 1.165) is 0 Å². The lowest BCUT2D eigenvalue weighted by molar-refractivity contribution is -0.147. The maximum Gasteiger partial charge on any atom is 0.328 e. The molecule has 0 aromatic carbocycles. The van der Waals surface area contributed by atoms with Gasteiger partial charge < -0.3 is 10.1 Å². The Kier molecular flexibility index (Phi) is 6.16. The van der Waals surface area contributed by atoms with Gasteiger partial charge in [-0.25, -0.2) is 4.79 Å². The predicted molar refractivity (Wildman–Crippen MR) is 58.2 cm³/mol. The summed E-state index contributed by atoms with van der Waals surface area (Å²) in [5.74, 6) is -1.74. The monoisotopic (exact) mass is 226 g/mol. The van der Waals surface area contributed by atoms with E-state index < -0.39 is 23.8 Å². The highest BCUT2D eigenvalue weighted by atomic mass is 16.5. The number of nitrogens with zero attached hydrogens (tertiary/aromatic N) is 1. The molecule has 1 N–H and O–H groups in total. The highest BCUT2D eigenvalue weighted by Crippen LogP contribution is 2.09. The van der Waals surface area contributed by atoms with Gasteiger partial charge in [-0.3, -0.25) is 4.79 Å². The van der Waals surface area contributed by atoms with E-state index in [1.54, 1.807) is 20.8 Å². The molecule has 0 spiro atoms. The van der Waals surface area contributed by atoms with Gasteiger partial charge in [-0.2, -0.15) is 5.26 Å². The van der Waals surface area contributed by atoms with Crippen molar-refractivity contribution in [2.45, 2.75) is 33.7 Å². The molecule has 0 aliphatic rings. The number of carbonyl (C=O) groups excluding carboxylic acids is 2. The summed E-state index contributed by atoms with van der Waals surface area (Å²) < 4.78 is 4.74.